The molecule has 3 aromatic rings. The first-order chi connectivity index (χ1) is 11.0. The fraction of sp³-hybridized carbons (Fsp3) is 0.0714. The van der Waals surface area contributed by atoms with Gasteiger partial charge in [0.2, 0.25) is 0 Å². The molecule has 0 aromatic carbocycles. The predicted molar refractivity (Wildman–Crippen MR) is 87.5 cm³/mol. The average molecular weight is 352 g/mol. The highest BCUT2D eigenvalue weighted by atomic mass is 35.5. The molecule has 23 heavy (non-hydrogen) atoms. The summed E-state index contributed by atoms with van der Waals surface area (Å²) in [5, 5.41) is 4.90. The van der Waals surface area contributed by atoms with Crippen LogP contribution in [-0.4, -0.2) is 29.0 Å². The maximum absolute atomic E-state index is 12.2. The number of H-pyrrole nitrogens is 2. The molecule has 118 valence electrons. The molecule has 0 fully saturated rings. The van der Waals surface area contributed by atoms with Crippen molar-refractivity contribution in [3.05, 3.63) is 50.3 Å². The van der Waals surface area contributed by atoms with Crippen molar-refractivity contribution in [1.29, 1.82) is 0 Å². The Morgan fingerprint density at radius 2 is 2.13 bits per heavy atom. The second-order valence-corrected chi connectivity index (χ2v) is 5.90. The van der Waals surface area contributed by atoms with E-state index in [2.05, 4.69) is 20.0 Å². The molecular weight excluding hydrogens is 342 g/mol. The van der Waals surface area contributed by atoms with Crippen LogP contribution in [0.2, 0.25) is 5.02 Å². The summed E-state index contributed by atoms with van der Waals surface area (Å²) in [6.07, 6.45) is 1.30. The second-order valence-electron chi connectivity index (χ2n) is 4.58. The molecule has 3 N–H and O–H groups in total. The van der Waals surface area contributed by atoms with E-state index in [-0.39, 0.29) is 11.3 Å². The molecule has 0 aliphatic rings. The number of aromatic amines is 2. The molecule has 0 atom stereocenters. The highest BCUT2D eigenvalue weighted by Gasteiger charge is 2.15. The molecule has 9 heteroatoms. The number of halogens is 1. The molecular formula is C14H10ClN3O4S. The van der Waals surface area contributed by atoms with E-state index < -0.39 is 17.4 Å². The molecule has 0 unspecified atom stereocenters. The smallest absolute Gasteiger partial charge is 0.343 e. The van der Waals surface area contributed by atoms with Crippen LogP contribution in [0.5, 0.6) is 0 Å². The molecule has 0 aliphatic heterocycles. The Kier molecular flexibility index (Phi) is 3.93. The lowest BCUT2D eigenvalue weighted by atomic mass is 10.2. The zero-order chi connectivity index (χ0) is 16.6. The SMILES string of the molecule is COC(=O)c1cc(NC(=O)c2cc3scc(Cl)c3[nH]2)c[nH]c1=O. The summed E-state index contributed by atoms with van der Waals surface area (Å²) in [6.45, 7) is 0. The first kappa shape index (κ1) is 15.3. The quantitative estimate of drug-likeness (QED) is 0.631. The summed E-state index contributed by atoms with van der Waals surface area (Å²) in [6, 6.07) is 2.93. The first-order valence-electron chi connectivity index (χ1n) is 6.37. The van der Waals surface area contributed by atoms with E-state index in [0.717, 1.165) is 4.70 Å². The molecule has 3 rings (SSSR count). The first-order valence-corrected chi connectivity index (χ1v) is 7.63. The topological polar surface area (TPSA) is 104 Å². The number of fused-ring (bicyclic) bond motifs is 1. The van der Waals surface area contributed by atoms with Crippen LogP contribution in [0.15, 0.2) is 28.5 Å². The summed E-state index contributed by atoms with van der Waals surface area (Å²) < 4.78 is 5.37. The summed E-state index contributed by atoms with van der Waals surface area (Å²) in [7, 11) is 1.17. The predicted octanol–water partition coefficient (Wildman–Crippen LogP) is 2.61. The molecule has 0 saturated heterocycles. The third-order valence-electron chi connectivity index (χ3n) is 3.12. The van der Waals surface area contributed by atoms with Crippen LogP contribution in [0.25, 0.3) is 10.2 Å². The van der Waals surface area contributed by atoms with Crippen LogP contribution in [0.3, 0.4) is 0 Å². The Labute approximate surface area is 138 Å². The minimum atomic E-state index is -0.783. The number of carbonyl (C=O) groups excluding carboxylic acids is 2. The largest absolute Gasteiger partial charge is 0.465 e. The lowest BCUT2D eigenvalue weighted by Gasteiger charge is -2.05. The Hall–Kier alpha value is -2.58. The number of hydrogen-bond acceptors (Lipinski definition) is 5. The number of amides is 1. The van der Waals surface area contributed by atoms with E-state index in [4.69, 9.17) is 11.6 Å². The standard InChI is InChI=1S/C14H10ClN3O4S/c1-22-14(21)7-2-6(4-16-12(7)19)17-13(20)9-3-10-11(18-9)8(15)5-23-10/h2-5,18H,1H3,(H,16,19)(H,17,20). The number of nitrogens with one attached hydrogen (secondary N) is 3. The number of carbonyl (C=O) groups is 2. The van der Waals surface area contributed by atoms with E-state index in [0.29, 0.717) is 16.2 Å². The zero-order valence-electron chi connectivity index (χ0n) is 11.7. The van der Waals surface area contributed by atoms with Gasteiger partial charge in [-0.3, -0.25) is 9.59 Å². The molecule has 7 nitrogen and oxygen atoms in total. The van der Waals surface area contributed by atoms with Crippen molar-refractivity contribution in [2.45, 2.75) is 0 Å². The number of anilines is 1. The van der Waals surface area contributed by atoms with Crippen molar-refractivity contribution in [2.24, 2.45) is 0 Å². The number of methoxy groups -OCH3 is 1. The van der Waals surface area contributed by atoms with Crippen LogP contribution in [0, 0.1) is 0 Å². The van der Waals surface area contributed by atoms with Gasteiger partial charge in [-0.05, 0) is 12.1 Å². The number of aromatic nitrogens is 2. The Bertz CT molecular complexity index is 972. The maximum Gasteiger partial charge on any atom is 0.343 e. The number of pyridine rings is 1. The fourth-order valence-electron chi connectivity index (χ4n) is 2.02. The lowest BCUT2D eigenvalue weighted by Crippen LogP contribution is -2.20. The number of ether oxygens (including phenoxy) is 1. The number of rotatable bonds is 3. The van der Waals surface area contributed by atoms with Gasteiger partial charge in [0.25, 0.3) is 11.5 Å². The molecule has 3 heterocycles. The molecule has 3 aromatic heterocycles. The Morgan fingerprint density at radius 1 is 1.35 bits per heavy atom. The minimum absolute atomic E-state index is 0.194. The highest BCUT2D eigenvalue weighted by molar-refractivity contribution is 7.17. The van der Waals surface area contributed by atoms with Gasteiger partial charge in [-0.15, -0.1) is 11.3 Å². The second kappa shape index (κ2) is 5.90. The van der Waals surface area contributed by atoms with E-state index in [1.54, 1.807) is 11.4 Å². The summed E-state index contributed by atoms with van der Waals surface area (Å²) in [4.78, 5) is 40.6. The Morgan fingerprint density at radius 3 is 2.83 bits per heavy atom. The van der Waals surface area contributed by atoms with Crippen molar-refractivity contribution in [3.63, 3.8) is 0 Å². The molecule has 0 radical (unpaired) electrons. The van der Waals surface area contributed by atoms with Gasteiger partial charge in [0.15, 0.2) is 0 Å². The van der Waals surface area contributed by atoms with Crippen LogP contribution in [0.4, 0.5) is 5.69 Å². The van der Waals surface area contributed by atoms with E-state index in [1.807, 2.05) is 0 Å². The molecule has 1 amide bonds. The van der Waals surface area contributed by atoms with Crippen molar-refractivity contribution in [3.8, 4) is 0 Å². The molecule has 0 spiro atoms. The number of hydrogen-bond donors (Lipinski definition) is 3. The summed E-state index contributed by atoms with van der Waals surface area (Å²) in [5.74, 6) is -1.21. The van der Waals surface area contributed by atoms with Crippen LogP contribution < -0.4 is 10.9 Å². The zero-order valence-corrected chi connectivity index (χ0v) is 13.3. The number of esters is 1. The van der Waals surface area contributed by atoms with Crippen molar-refractivity contribution in [2.75, 3.05) is 12.4 Å². The van der Waals surface area contributed by atoms with E-state index in [1.165, 1.54) is 30.7 Å². The van der Waals surface area contributed by atoms with Crippen LogP contribution in [-0.2, 0) is 4.74 Å². The summed E-state index contributed by atoms with van der Waals surface area (Å²) >= 11 is 7.41. The number of thiophene rings is 1. The average Bonchev–Trinajstić information content (AvgIpc) is 3.11. The van der Waals surface area contributed by atoms with Gasteiger partial charge < -0.3 is 20.0 Å². The van der Waals surface area contributed by atoms with Gasteiger partial charge in [0.1, 0.15) is 11.3 Å². The minimum Gasteiger partial charge on any atom is -0.465 e. The monoisotopic (exact) mass is 351 g/mol. The van der Waals surface area contributed by atoms with Gasteiger partial charge in [0.05, 0.1) is 28.0 Å². The van der Waals surface area contributed by atoms with Gasteiger partial charge in [-0.2, -0.15) is 0 Å². The van der Waals surface area contributed by atoms with Crippen molar-refractivity contribution < 1.29 is 14.3 Å². The van der Waals surface area contributed by atoms with Gasteiger partial charge in [-0.1, -0.05) is 11.6 Å². The molecule has 0 aliphatic carbocycles. The van der Waals surface area contributed by atoms with Gasteiger partial charge >= 0.3 is 5.97 Å². The molecule has 0 saturated carbocycles. The highest BCUT2D eigenvalue weighted by Crippen LogP contribution is 2.30. The van der Waals surface area contributed by atoms with E-state index in [9.17, 15) is 14.4 Å². The van der Waals surface area contributed by atoms with Crippen molar-refractivity contribution >= 4 is 50.7 Å². The van der Waals surface area contributed by atoms with Crippen molar-refractivity contribution in [1.82, 2.24) is 9.97 Å². The lowest BCUT2D eigenvalue weighted by molar-refractivity contribution is 0.0598. The summed E-state index contributed by atoms with van der Waals surface area (Å²) in [5.41, 5.74) is 0.486. The normalized spacial score (nSPS) is 10.7. The molecule has 0 bridgehead atoms. The maximum atomic E-state index is 12.2. The fourth-order valence-corrected chi connectivity index (χ4v) is 3.17. The third kappa shape index (κ3) is 2.86. The van der Waals surface area contributed by atoms with Crippen LogP contribution in [0.1, 0.15) is 20.8 Å². The van der Waals surface area contributed by atoms with Crippen LogP contribution >= 0.6 is 22.9 Å². The van der Waals surface area contributed by atoms with E-state index >= 15 is 0 Å². The Balaban J connectivity index is 1.87. The van der Waals surface area contributed by atoms with Gasteiger partial charge in [0, 0.05) is 11.6 Å². The third-order valence-corrected chi connectivity index (χ3v) is 4.48. The van der Waals surface area contributed by atoms with Gasteiger partial charge in [-0.25, -0.2) is 4.79 Å².